The highest BCUT2D eigenvalue weighted by Crippen LogP contribution is 2.46. The Morgan fingerprint density at radius 1 is 0.562 bits per heavy atom. The predicted octanol–water partition coefficient (Wildman–Crippen LogP) is 9.74. The molecule has 8 heterocycles. The number of fused-ring (bicyclic) bond motifs is 2. The van der Waals surface area contributed by atoms with Crippen LogP contribution in [-0.4, -0.2) is 118 Å². The second kappa shape index (κ2) is 22.2. The Morgan fingerprint density at radius 3 is 1.45 bits per heavy atom. The van der Waals surface area contributed by atoms with Crippen LogP contribution in [0.25, 0.3) is 22.1 Å². The van der Waals surface area contributed by atoms with Gasteiger partial charge in [0.1, 0.15) is 41.5 Å². The zero-order valence-corrected chi connectivity index (χ0v) is 45.8. The molecule has 20 heteroatoms. The van der Waals surface area contributed by atoms with Crippen LogP contribution < -0.4 is 30.7 Å². The van der Waals surface area contributed by atoms with Crippen molar-refractivity contribution >= 4 is 33.7 Å². The minimum absolute atomic E-state index is 0.155. The second-order valence-electron chi connectivity index (χ2n) is 23.8. The van der Waals surface area contributed by atoms with E-state index in [1.807, 2.05) is 18.2 Å². The monoisotopic (exact) mass is 1090 g/mol. The van der Waals surface area contributed by atoms with Gasteiger partial charge in [-0.15, -0.1) is 0 Å². The fourth-order valence-electron chi connectivity index (χ4n) is 12.1. The lowest BCUT2D eigenvalue weighted by Crippen LogP contribution is -2.31. The Morgan fingerprint density at radius 2 is 1.00 bits per heavy atom. The van der Waals surface area contributed by atoms with Crippen LogP contribution in [0.4, 0.5) is 24.8 Å². The summed E-state index contributed by atoms with van der Waals surface area (Å²) in [5.74, 6) is 2.83. The van der Waals surface area contributed by atoms with E-state index >= 15 is 0 Å². The maximum absolute atomic E-state index is 14.2. The molecule has 17 nitrogen and oxygen atoms in total. The summed E-state index contributed by atoms with van der Waals surface area (Å²) in [5, 5.41) is 10.2. The lowest BCUT2D eigenvalue weighted by molar-refractivity contribution is 0.0712. The molecule has 4 aliphatic rings. The smallest absolute Gasteiger partial charge is 0.323 e. The number of aromatic amines is 4. The Bertz CT molecular complexity index is 3390. The number of aryl methyl sites for hydroxylation is 2. The van der Waals surface area contributed by atoms with Crippen molar-refractivity contribution in [2.45, 2.75) is 103 Å². The van der Waals surface area contributed by atoms with Crippen molar-refractivity contribution in [1.29, 1.82) is 0 Å². The third kappa shape index (κ3) is 12.9. The Labute approximate surface area is 461 Å². The molecule has 0 saturated carbocycles. The van der Waals surface area contributed by atoms with Gasteiger partial charge in [0.2, 0.25) is 0 Å². The largest absolute Gasteiger partial charge is 0.452 e. The number of benzene rings is 4. The molecule has 2 unspecified atom stereocenters. The minimum atomic E-state index is -1.36. The van der Waals surface area contributed by atoms with Crippen LogP contribution in [0.1, 0.15) is 88.5 Å². The number of ether oxygens (including phenoxy) is 2. The summed E-state index contributed by atoms with van der Waals surface area (Å²) in [6.07, 6.45) is 12.2. The summed E-state index contributed by atoms with van der Waals surface area (Å²) < 4.78 is 54.9. The van der Waals surface area contributed by atoms with Crippen LogP contribution in [0.2, 0.25) is 0 Å². The Balaban J connectivity index is 0.000000169. The fourth-order valence-corrected chi connectivity index (χ4v) is 12.1. The van der Waals surface area contributed by atoms with Gasteiger partial charge in [0.15, 0.2) is 23.1 Å². The molecular formula is C60H69F3N12O5. The van der Waals surface area contributed by atoms with Crippen molar-refractivity contribution in [2.75, 3.05) is 62.2 Å². The number of alkyl halides is 1. The molecule has 0 bridgehead atoms. The maximum atomic E-state index is 14.2. The average Bonchev–Trinajstić information content (AvgIpc) is 4.38. The summed E-state index contributed by atoms with van der Waals surface area (Å²) in [6, 6.07) is 21.0. The van der Waals surface area contributed by atoms with Crippen LogP contribution in [0.5, 0.6) is 23.0 Å². The number of nitrogens with one attached hydrogen (secondary N) is 4. The number of anilines is 2. The average molecular weight is 1100 g/mol. The number of hydrogen-bond acceptors (Lipinski definition) is 13. The van der Waals surface area contributed by atoms with Gasteiger partial charge in [-0.25, -0.2) is 42.7 Å². The van der Waals surface area contributed by atoms with E-state index in [0.29, 0.717) is 59.2 Å². The number of likely N-dealkylation sites (tertiary alicyclic amines) is 2. The highest BCUT2D eigenvalue weighted by molar-refractivity contribution is 5.75. The molecule has 4 aromatic heterocycles. The zero-order valence-electron chi connectivity index (χ0n) is 45.8. The maximum Gasteiger partial charge on any atom is 0.323 e. The second-order valence-corrected chi connectivity index (χ2v) is 23.8. The molecule has 0 radical (unpaired) electrons. The van der Waals surface area contributed by atoms with Gasteiger partial charge in [-0.1, -0.05) is 12.1 Å². The SMILES string of the molecule is CC(C)(F)CCc1cc(F)ccc1Oc1cncnc1N1CCC2(CCN(Cc3ccc4[nH]c(=O)[nH]c4c3)C2)C1.CC(C)(O)CCc1cc(F)ccc1Oc1cncnc1N1CCC2(CCN(Cc3ccc4[nH]c(=O)[nH]c4c3)C2)C1. The lowest BCUT2D eigenvalue weighted by atomic mass is 9.86. The van der Waals surface area contributed by atoms with E-state index < -0.39 is 11.3 Å². The van der Waals surface area contributed by atoms with Crippen LogP contribution in [0.15, 0.2) is 107 Å². The van der Waals surface area contributed by atoms with E-state index in [4.69, 9.17) is 9.47 Å². The topological polar surface area (TPSA) is 201 Å². The van der Waals surface area contributed by atoms with Crippen LogP contribution in [0, 0.1) is 22.5 Å². The number of nitrogens with zero attached hydrogens (tertiary/aromatic N) is 8. The van der Waals surface area contributed by atoms with Crippen LogP contribution in [-0.2, 0) is 25.9 Å². The van der Waals surface area contributed by atoms with Gasteiger partial charge in [0.25, 0.3) is 0 Å². The molecule has 4 aliphatic heterocycles. The number of aliphatic hydroxyl groups is 1. The quantitative estimate of drug-likeness (QED) is 0.0613. The van der Waals surface area contributed by atoms with E-state index in [-0.39, 0.29) is 40.3 Å². The van der Waals surface area contributed by atoms with Crippen molar-refractivity contribution in [1.82, 2.24) is 49.7 Å². The Kier molecular flexibility index (Phi) is 15.1. The van der Waals surface area contributed by atoms with Gasteiger partial charge in [-0.3, -0.25) is 9.80 Å². The third-order valence-electron chi connectivity index (χ3n) is 16.3. The van der Waals surface area contributed by atoms with Gasteiger partial charge in [-0.2, -0.15) is 0 Å². The standard InChI is InChI=1S/C30H34F2N6O2.C30H35FN6O3/c1-29(2,32)8-7-21-14-22(31)4-6-25(21)40-26-15-33-19-34-27(26)38-12-10-30(18-38)9-11-37(17-30)16-20-3-5-23-24(13-20)36-28(39)35-23;1-29(2,39)8-7-21-14-22(31)4-6-25(21)40-26-15-32-19-33-27(26)37-12-10-30(18-37)9-11-36(17-30)16-20-3-5-23-24(13-20)35-28(38)34-23/h3-6,13-15,19H,7-12,16-18H2,1-2H3,(H2,35,36,39);3-6,13-15,19,39H,7-12,16-18H2,1-2H3,(H2,34,35,38). The molecule has 2 spiro atoms. The summed E-state index contributed by atoms with van der Waals surface area (Å²) in [7, 11) is 0. The summed E-state index contributed by atoms with van der Waals surface area (Å²) in [6.45, 7) is 15.6. The number of hydrogen-bond donors (Lipinski definition) is 5. The number of H-pyrrole nitrogens is 4. The number of imidazole rings is 2. The first-order chi connectivity index (χ1) is 38.3. The molecule has 5 N–H and O–H groups in total. The van der Waals surface area contributed by atoms with Crippen molar-refractivity contribution in [2.24, 2.45) is 10.8 Å². The first kappa shape index (κ1) is 54.4. The molecule has 8 aromatic rings. The molecule has 0 aliphatic carbocycles. The highest BCUT2D eigenvalue weighted by atomic mass is 19.1. The van der Waals surface area contributed by atoms with Gasteiger partial charge < -0.3 is 44.3 Å². The summed E-state index contributed by atoms with van der Waals surface area (Å²) in [5.41, 5.74) is 4.71. The van der Waals surface area contributed by atoms with Gasteiger partial charge in [0, 0.05) is 63.2 Å². The molecule has 420 valence electrons. The molecule has 80 heavy (non-hydrogen) atoms. The Hall–Kier alpha value is -7.55. The van der Waals surface area contributed by atoms with Gasteiger partial charge in [0.05, 0.1) is 40.1 Å². The van der Waals surface area contributed by atoms with Crippen molar-refractivity contribution in [3.63, 3.8) is 0 Å². The van der Waals surface area contributed by atoms with Crippen LogP contribution in [0.3, 0.4) is 0 Å². The molecule has 4 aromatic carbocycles. The molecule has 0 amide bonds. The van der Waals surface area contributed by atoms with E-state index in [2.05, 4.69) is 77.7 Å². The first-order valence-electron chi connectivity index (χ1n) is 27.6. The normalized spacial score (nSPS) is 19.8. The van der Waals surface area contributed by atoms with Crippen molar-refractivity contribution < 1.29 is 27.8 Å². The lowest BCUT2D eigenvalue weighted by Gasteiger charge is -2.26. The summed E-state index contributed by atoms with van der Waals surface area (Å²) in [4.78, 5) is 61.6. The number of rotatable bonds is 16. The van der Waals surface area contributed by atoms with Crippen molar-refractivity contribution in [3.8, 4) is 23.0 Å². The van der Waals surface area contributed by atoms with E-state index in [1.54, 1.807) is 38.4 Å². The van der Waals surface area contributed by atoms with Crippen molar-refractivity contribution in [3.05, 3.63) is 153 Å². The molecular weight excluding hydrogens is 1030 g/mol. The third-order valence-corrected chi connectivity index (χ3v) is 16.3. The first-order valence-corrected chi connectivity index (χ1v) is 27.6. The fraction of sp³-hybridized carbons (Fsp3) is 0.433. The van der Waals surface area contributed by atoms with Gasteiger partial charge >= 0.3 is 11.4 Å². The number of halogens is 3. The van der Waals surface area contributed by atoms with E-state index in [9.17, 15) is 27.9 Å². The molecule has 12 rings (SSSR count). The van der Waals surface area contributed by atoms with E-state index in [1.165, 1.54) is 61.9 Å². The van der Waals surface area contributed by atoms with Crippen LogP contribution >= 0.6 is 0 Å². The molecule has 2 atom stereocenters. The minimum Gasteiger partial charge on any atom is -0.452 e. The highest BCUT2D eigenvalue weighted by Gasteiger charge is 2.46. The zero-order chi connectivity index (χ0) is 55.8. The predicted molar refractivity (Wildman–Crippen MR) is 301 cm³/mol. The van der Waals surface area contributed by atoms with E-state index in [0.717, 1.165) is 119 Å². The summed E-state index contributed by atoms with van der Waals surface area (Å²) >= 11 is 0. The van der Waals surface area contributed by atoms with Gasteiger partial charge in [-0.05, 0) is 175 Å². The number of aromatic nitrogens is 8. The molecule has 4 fully saturated rings. The molecule has 4 saturated heterocycles.